The standard InChI is InChI=1S/C16H25FN2O/c1-2-18-12-13-11-14(17)7-8-16(13)19(9-4-10-20)15-5-3-6-15/h7-8,11,15,18,20H,2-6,9-10,12H2,1H3. The third-order valence-electron chi connectivity index (χ3n) is 3.99. The molecule has 0 aromatic heterocycles. The number of aliphatic hydroxyl groups excluding tert-OH is 1. The van der Waals surface area contributed by atoms with E-state index in [0.29, 0.717) is 12.6 Å². The van der Waals surface area contributed by atoms with Crippen LogP contribution >= 0.6 is 0 Å². The van der Waals surface area contributed by atoms with E-state index in [2.05, 4.69) is 17.1 Å². The molecule has 0 spiro atoms. The number of halogens is 1. The molecule has 1 saturated carbocycles. The molecule has 3 nitrogen and oxygen atoms in total. The SMILES string of the molecule is CCNCc1cc(F)ccc1N(CCCO)C1CCC1. The molecule has 0 amide bonds. The van der Waals surface area contributed by atoms with Crippen molar-refractivity contribution in [3.05, 3.63) is 29.6 Å². The van der Waals surface area contributed by atoms with Gasteiger partial charge in [-0.15, -0.1) is 0 Å². The van der Waals surface area contributed by atoms with Crippen LogP contribution in [-0.2, 0) is 6.54 Å². The minimum atomic E-state index is -0.183. The summed E-state index contributed by atoms with van der Waals surface area (Å²) < 4.78 is 13.5. The van der Waals surface area contributed by atoms with E-state index in [4.69, 9.17) is 5.11 Å². The van der Waals surface area contributed by atoms with E-state index in [0.717, 1.165) is 30.8 Å². The van der Waals surface area contributed by atoms with Gasteiger partial charge in [0.25, 0.3) is 0 Å². The Hall–Kier alpha value is -1.13. The summed E-state index contributed by atoms with van der Waals surface area (Å²) in [5, 5.41) is 12.4. The molecular weight excluding hydrogens is 255 g/mol. The Morgan fingerprint density at radius 2 is 2.20 bits per heavy atom. The lowest BCUT2D eigenvalue weighted by Crippen LogP contribution is -2.42. The molecule has 0 aliphatic heterocycles. The average molecular weight is 280 g/mol. The van der Waals surface area contributed by atoms with Gasteiger partial charge in [0, 0.05) is 31.4 Å². The largest absolute Gasteiger partial charge is 0.396 e. The Morgan fingerprint density at radius 1 is 1.40 bits per heavy atom. The second kappa shape index (κ2) is 7.60. The number of rotatable bonds is 8. The first-order valence-corrected chi connectivity index (χ1v) is 7.63. The quantitative estimate of drug-likeness (QED) is 0.768. The molecule has 20 heavy (non-hydrogen) atoms. The number of aliphatic hydroxyl groups is 1. The van der Waals surface area contributed by atoms with Crippen molar-refractivity contribution in [3.8, 4) is 0 Å². The minimum Gasteiger partial charge on any atom is -0.396 e. The lowest BCUT2D eigenvalue weighted by Gasteiger charge is -2.40. The molecule has 4 heteroatoms. The van der Waals surface area contributed by atoms with Gasteiger partial charge in [0.2, 0.25) is 0 Å². The van der Waals surface area contributed by atoms with E-state index < -0.39 is 0 Å². The van der Waals surface area contributed by atoms with Crippen LogP contribution in [0.1, 0.15) is 38.2 Å². The molecular formula is C16H25FN2O. The zero-order valence-corrected chi connectivity index (χ0v) is 12.2. The highest BCUT2D eigenvalue weighted by molar-refractivity contribution is 5.55. The summed E-state index contributed by atoms with van der Waals surface area (Å²) in [6.45, 7) is 4.65. The summed E-state index contributed by atoms with van der Waals surface area (Å²) in [5.74, 6) is -0.183. The monoisotopic (exact) mass is 280 g/mol. The van der Waals surface area contributed by atoms with Crippen molar-refractivity contribution >= 4 is 5.69 Å². The normalized spacial score (nSPS) is 15.2. The van der Waals surface area contributed by atoms with E-state index in [1.807, 2.05) is 6.07 Å². The van der Waals surface area contributed by atoms with Crippen LogP contribution in [0.4, 0.5) is 10.1 Å². The number of anilines is 1. The summed E-state index contributed by atoms with van der Waals surface area (Å²) in [5.41, 5.74) is 2.13. The van der Waals surface area contributed by atoms with Gasteiger partial charge in [-0.2, -0.15) is 0 Å². The van der Waals surface area contributed by atoms with Gasteiger partial charge in [0.05, 0.1) is 0 Å². The highest BCUT2D eigenvalue weighted by Crippen LogP contribution is 2.32. The van der Waals surface area contributed by atoms with Crippen LogP contribution in [0.5, 0.6) is 0 Å². The highest BCUT2D eigenvalue weighted by atomic mass is 19.1. The fourth-order valence-corrected chi connectivity index (χ4v) is 2.67. The highest BCUT2D eigenvalue weighted by Gasteiger charge is 2.26. The van der Waals surface area contributed by atoms with Crippen molar-refractivity contribution in [2.45, 2.75) is 45.2 Å². The van der Waals surface area contributed by atoms with Crippen molar-refractivity contribution in [1.82, 2.24) is 5.32 Å². The molecule has 1 aromatic carbocycles. The van der Waals surface area contributed by atoms with E-state index >= 15 is 0 Å². The summed E-state index contributed by atoms with van der Waals surface area (Å²) in [7, 11) is 0. The second-order valence-electron chi connectivity index (χ2n) is 5.41. The fraction of sp³-hybridized carbons (Fsp3) is 0.625. The van der Waals surface area contributed by atoms with Gasteiger partial charge >= 0.3 is 0 Å². The van der Waals surface area contributed by atoms with Crippen molar-refractivity contribution in [1.29, 1.82) is 0 Å². The zero-order chi connectivity index (χ0) is 14.4. The summed E-state index contributed by atoms with van der Waals surface area (Å²) in [6.07, 6.45) is 4.42. The maximum Gasteiger partial charge on any atom is 0.123 e. The van der Waals surface area contributed by atoms with Crippen LogP contribution in [0.25, 0.3) is 0 Å². The van der Waals surface area contributed by atoms with Gasteiger partial charge in [0.15, 0.2) is 0 Å². The van der Waals surface area contributed by atoms with Crippen molar-refractivity contribution in [3.63, 3.8) is 0 Å². The van der Waals surface area contributed by atoms with Gasteiger partial charge in [-0.1, -0.05) is 6.92 Å². The molecule has 0 atom stereocenters. The Kier molecular flexibility index (Phi) is 5.80. The van der Waals surface area contributed by atoms with Crippen molar-refractivity contribution < 1.29 is 9.50 Å². The molecule has 0 unspecified atom stereocenters. The van der Waals surface area contributed by atoms with Gasteiger partial charge < -0.3 is 15.3 Å². The Balaban J connectivity index is 2.20. The average Bonchev–Trinajstić information content (AvgIpc) is 2.39. The first-order chi connectivity index (χ1) is 9.76. The van der Waals surface area contributed by atoms with E-state index in [9.17, 15) is 4.39 Å². The third-order valence-corrected chi connectivity index (χ3v) is 3.99. The molecule has 2 rings (SSSR count). The maximum atomic E-state index is 13.5. The van der Waals surface area contributed by atoms with Crippen LogP contribution in [-0.4, -0.2) is 30.8 Å². The van der Waals surface area contributed by atoms with E-state index in [1.54, 1.807) is 6.07 Å². The first-order valence-electron chi connectivity index (χ1n) is 7.63. The molecule has 1 aliphatic rings. The Morgan fingerprint density at radius 3 is 2.80 bits per heavy atom. The topological polar surface area (TPSA) is 35.5 Å². The molecule has 0 saturated heterocycles. The van der Waals surface area contributed by atoms with Gasteiger partial charge in [-0.25, -0.2) is 4.39 Å². The van der Waals surface area contributed by atoms with Crippen molar-refractivity contribution in [2.75, 3.05) is 24.6 Å². The molecule has 112 valence electrons. The summed E-state index contributed by atoms with van der Waals surface area (Å²) in [4.78, 5) is 2.35. The predicted molar refractivity (Wildman–Crippen MR) is 80.5 cm³/mol. The van der Waals surface area contributed by atoms with Crippen LogP contribution in [0, 0.1) is 5.82 Å². The molecule has 0 bridgehead atoms. The molecule has 1 aliphatic carbocycles. The summed E-state index contributed by atoms with van der Waals surface area (Å²) >= 11 is 0. The number of hydrogen-bond acceptors (Lipinski definition) is 3. The maximum absolute atomic E-state index is 13.5. The lowest BCUT2D eigenvalue weighted by molar-refractivity contribution is 0.283. The Bertz CT molecular complexity index is 421. The van der Waals surface area contributed by atoms with Gasteiger partial charge in [0.1, 0.15) is 5.82 Å². The van der Waals surface area contributed by atoms with Crippen LogP contribution in [0.15, 0.2) is 18.2 Å². The fourth-order valence-electron chi connectivity index (χ4n) is 2.67. The minimum absolute atomic E-state index is 0.183. The predicted octanol–water partition coefficient (Wildman–Crippen LogP) is 2.68. The lowest BCUT2D eigenvalue weighted by atomic mass is 9.90. The van der Waals surface area contributed by atoms with E-state index in [1.165, 1.54) is 25.3 Å². The molecule has 2 N–H and O–H groups in total. The smallest absolute Gasteiger partial charge is 0.123 e. The third kappa shape index (κ3) is 3.70. The van der Waals surface area contributed by atoms with E-state index in [-0.39, 0.29) is 12.4 Å². The number of nitrogens with zero attached hydrogens (tertiary/aromatic N) is 1. The van der Waals surface area contributed by atoms with Crippen LogP contribution in [0.2, 0.25) is 0 Å². The number of hydrogen-bond donors (Lipinski definition) is 2. The van der Waals surface area contributed by atoms with Crippen molar-refractivity contribution in [2.24, 2.45) is 0 Å². The van der Waals surface area contributed by atoms with Crippen LogP contribution < -0.4 is 10.2 Å². The van der Waals surface area contributed by atoms with Gasteiger partial charge in [-0.3, -0.25) is 0 Å². The Labute approximate surface area is 120 Å². The van der Waals surface area contributed by atoms with Crippen LogP contribution in [0.3, 0.4) is 0 Å². The second-order valence-corrected chi connectivity index (χ2v) is 5.41. The molecule has 1 fully saturated rings. The van der Waals surface area contributed by atoms with Gasteiger partial charge in [-0.05, 0) is 56.0 Å². The molecule has 0 heterocycles. The molecule has 0 radical (unpaired) electrons. The first kappa shape index (κ1) is 15.3. The summed E-state index contributed by atoms with van der Waals surface area (Å²) in [6, 6.07) is 5.60. The zero-order valence-electron chi connectivity index (χ0n) is 12.2. The number of benzene rings is 1. The molecule has 1 aromatic rings. The number of nitrogens with one attached hydrogen (secondary N) is 1.